The first-order chi connectivity index (χ1) is 10.5. The van der Waals surface area contributed by atoms with Crippen LogP contribution in [0.2, 0.25) is 0 Å². The van der Waals surface area contributed by atoms with Gasteiger partial charge in [-0.1, -0.05) is 0 Å². The minimum atomic E-state index is -0.915. The Balaban J connectivity index is 1.74. The second-order valence-electron chi connectivity index (χ2n) is 5.21. The summed E-state index contributed by atoms with van der Waals surface area (Å²) in [4.78, 5) is 25.4. The smallest absolute Gasteiger partial charge is 0.230 e. The molecule has 1 aromatic carbocycles. The molecule has 1 saturated heterocycles. The van der Waals surface area contributed by atoms with Crippen molar-refractivity contribution in [1.29, 1.82) is 0 Å². The Morgan fingerprint density at radius 1 is 1.27 bits per heavy atom. The molecule has 0 bridgehead atoms. The van der Waals surface area contributed by atoms with E-state index >= 15 is 0 Å². The van der Waals surface area contributed by atoms with Crippen molar-refractivity contribution in [3.63, 3.8) is 0 Å². The fourth-order valence-electron chi connectivity index (χ4n) is 2.32. The highest BCUT2D eigenvalue weighted by atomic mass is 32.2. The molecule has 0 aliphatic carbocycles. The highest BCUT2D eigenvalue weighted by Crippen LogP contribution is 2.20. The third-order valence-corrected chi connectivity index (χ3v) is 4.56. The number of hydrogen-bond acceptors (Lipinski definition) is 3. The molecule has 1 aromatic rings. The zero-order valence-corrected chi connectivity index (χ0v) is 13.1. The van der Waals surface area contributed by atoms with Gasteiger partial charge in [-0.2, -0.15) is 0 Å². The summed E-state index contributed by atoms with van der Waals surface area (Å²) in [7, 11) is 0. The number of hydrogen-bond donors (Lipinski definition) is 1. The summed E-state index contributed by atoms with van der Waals surface area (Å²) in [5.41, 5.74) is 0. The number of carbonyl (C=O) groups excluding carboxylic acids is 2. The summed E-state index contributed by atoms with van der Waals surface area (Å²) in [6, 6.07) is 3.64. The van der Waals surface area contributed by atoms with Gasteiger partial charge in [-0.25, -0.2) is 8.78 Å². The Bertz CT molecular complexity index is 560. The van der Waals surface area contributed by atoms with Gasteiger partial charge >= 0.3 is 0 Å². The second kappa shape index (κ2) is 7.58. The molecule has 1 aliphatic rings. The van der Waals surface area contributed by atoms with E-state index in [4.69, 9.17) is 0 Å². The molecule has 0 atom stereocenters. The van der Waals surface area contributed by atoms with Crippen LogP contribution in [0.15, 0.2) is 23.1 Å². The Morgan fingerprint density at radius 3 is 2.55 bits per heavy atom. The van der Waals surface area contributed by atoms with Gasteiger partial charge in [0.2, 0.25) is 11.8 Å². The zero-order valence-electron chi connectivity index (χ0n) is 12.3. The second-order valence-corrected chi connectivity index (χ2v) is 6.26. The number of amides is 2. The van der Waals surface area contributed by atoms with Gasteiger partial charge in [-0.3, -0.25) is 9.59 Å². The summed E-state index contributed by atoms with van der Waals surface area (Å²) in [5.74, 6) is -1.75. The first-order valence-corrected chi connectivity index (χ1v) is 8.07. The lowest BCUT2D eigenvalue weighted by molar-refractivity contribution is -0.130. The van der Waals surface area contributed by atoms with Crippen molar-refractivity contribution in [3.8, 4) is 0 Å². The van der Waals surface area contributed by atoms with Crippen molar-refractivity contribution in [2.24, 2.45) is 0 Å². The topological polar surface area (TPSA) is 49.4 Å². The van der Waals surface area contributed by atoms with E-state index in [1.165, 1.54) is 13.0 Å². The predicted molar refractivity (Wildman–Crippen MR) is 80.5 cm³/mol. The minimum Gasteiger partial charge on any atom is -0.353 e. The first kappa shape index (κ1) is 16.7. The molecule has 4 nitrogen and oxygen atoms in total. The molecule has 0 saturated carbocycles. The van der Waals surface area contributed by atoms with Gasteiger partial charge in [0.15, 0.2) is 11.6 Å². The molecule has 0 spiro atoms. The fraction of sp³-hybridized carbons (Fsp3) is 0.467. The van der Waals surface area contributed by atoms with E-state index < -0.39 is 11.6 Å². The van der Waals surface area contributed by atoms with Gasteiger partial charge in [0, 0.05) is 31.0 Å². The van der Waals surface area contributed by atoms with E-state index in [1.807, 2.05) is 0 Å². The molecule has 2 amide bonds. The molecule has 0 unspecified atom stereocenters. The van der Waals surface area contributed by atoms with Crippen molar-refractivity contribution in [2.75, 3.05) is 18.8 Å². The Morgan fingerprint density at radius 2 is 1.95 bits per heavy atom. The Kier molecular flexibility index (Phi) is 5.76. The predicted octanol–water partition coefficient (Wildman–Crippen LogP) is 2.18. The zero-order chi connectivity index (χ0) is 16.1. The Hall–Kier alpha value is -1.63. The van der Waals surface area contributed by atoms with Crippen molar-refractivity contribution in [3.05, 3.63) is 29.8 Å². The van der Waals surface area contributed by atoms with Gasteiger partial charge < -0.3 is 10.2 Å². The number of nitrogens with one attached hydrogen (secondary N) is 1. The van der Waals surface area contributed by atoms with E-state index in [9.17, 15) is 18.4 Å². The van der Waals surface area contributed by atoms with Crippen LogP contribution in [-0.4, -0.2) is 41.6 Å². The largest absolute Gasteiger partial charge is 0.353 e. The number of rotatable bonds is 4. The summed E-state index contributed by atoms with van der Waals surface area (Å²) < 4.78 is 25.9. The van der Waals surface area contributed by atoms with E-state index in [0.717, 1.165) is 36.7 Å². The lowest BCUT2D eigenvalue weighted by Crippen LogP contribution is -2.46. The maximum atomic E-state index is 13.1. The van der Waals surface area contributed by atoms with Gasteiger partial charge in [0.05, 0.1) is 5.75 Å². The van der Waals surface area contributed by atoms with Crippen LogP contribution in [0.4, 0.5) is 8.78 Å². The van der Waals surface area contributed by atoms with Gasteiger partial charge in [-0.05, 0) is 31.0 Å². The molecule has 120 valence electrons. The van der Waals surface area contributed by atoms with E-state index in [1.54, 1.807) is 4.90 Å². The minimum absolute atomic E-state index is 0.0543. The van der Waals surface area contributed by atoms with Crippen molar-refractivity contribution in [2.45, 2.75) is 30.7 Å². The van der Waals surface area contributed by atoms with Crippen LogP contribution in [0.25, 0.3) is 0 Å². The van der Waals surface area contributed by atoms with Crippen LogP contribution in [0.5, 0.6) is 0 Å². The molecule has 1 fully saturated rings. The molecule has 1 heterocycles. The third-order valence-electron chi connectivity index (χ3n) is 3.57. The number of likely N-dealkylation sites (tertiary alicyclic amines) is 1. The number of thioether (sulfide) groups is 1. The van der Waals surface area contributed by atoms with Gasteiger partial charge in [0.1, 0.15) is 0 Å². The standard InChI is InChI=1S/C15H18F2N2O2S/c1-10(20)19-6-4-11(5-7-19)18-15(21)9-22-12-2-3-13(16)14(17)8-12/h2-3,8,11H,4-7,9H2,1H3,(H,18,21). The molecular formula is C15H18F2N2O2S. The van der Waals surface area contributed by atoms with Gasteiger partial charge in [0.25, 0.3) is 0 Å². The summed E-state index contributed by atoms with van der Waals surface area (Å²) in [6.45, 7) is 2.84. The molecule has 1 aliphatic heterocycles. The lowest BCUT2D eigenvalue weighted by Gasteiger charge is -2.31. The number of halogens is 2. The first-order valence-electron chi connectivity index (χ1n) is 7.08. The van der Waals surface area contributed by atoms with E-state index in [0.29, 0.717) is 18.0 Å². The molecule has 7 heteroatoms. The summed E-state index contributed by atoms with van der Waals surface area (Å²) >= 11 is 1.16. The number of piperidine rings is 1. The summed E-state index contributed by atoms with van der Waals surface area (Å²) in [5, 5.41) is 2.91. The number of benzene rings is 1. The van der Waals surface area contributed by atoms with Crippen LogP contribution in [0.1, 0.15) is 19.8 Å². The molecule has 0 aromatic heterocycles. The summed E-state index contributed by atoms with van der Waals surface area (Å²) in [6.07, 6.45) is 1.47. The van der Waals surface area contributed by atoms with Crippen molar-refractivity contribution in [1.82, 2.24) is 10.2 Å². The Labute approximate surface area is 132 Å². The third kappa shape index (κ3) is 4.69. The molecule has 22 heavy (non-hydrogen) atoms. The fourth-order valence-corrected chi connectivity index (χ4v) is 3.06. The molecule has 0 radical (unpaired) electrons. The maximum absolute atomic E-state index is 13.1. The monoisotopic (exact) mass is 328 g/mol. The van der Waals surface area contributed by atoms with Crippen molar-refractivity contribution >= 4 is 23.6 Å². The highest BCUT2D eigenvalue weighted by molar-refractivity contribution is 8.00. The SMILES string of the molecule is CC(=O)N1CCC(NC(=O)CSc2ccc(F)c(F)c2)CC1. The normalized spacial score (nSPS) is 15.7. The van der Waals surface area contributed by atoms with E-state index in [-0.39, 0.29) is 23.6 Å². The average molecular weight is 328 g/mol. The quantitative estimate of drug-likeness (QED) is 0.862. The van der Waals surface area contributed by atoms with Gasteiger partial charge in [-0.15, -0.1) is 11.8 Å². The van der Waals surface area contributed by atoms with Crippen LogP contribution in [0.3, 0.4) is 0 Å². The van der Waals surface area contributed by atoms with Crippen LogP contribution in [-0.2, 0) is 9.59 Å². The molecule has 2 rings (SSSR count). The van der Waals surface area contributed by atoms with Crippen molar-refractivity contribution < 1.29 is 18.4 Å². The number of nitrogens with zero attached hydrogens (tertiary/aromatic N) is 1. The van der Waals surface area contributed by atoms with Crippen LogP contribution < -0.4 is 5.32 Å². The number of carbonyl (C=O) groups is 2. The maximum Gasteiger partial charge on any atom is 0.230 e. The lowest BCUT2D eigenvalue weighted by atomic mass is 10.1. The van der Waals surface area contributed by atoms with Crippen LogP contribution in [0, 0.1) is 11.6 Å². The average Bonchev–Trinajstić information content (AvgIpc) is 2.49. The molecular weight excluding hydrogens is 310 g/mol. The highest BCUT2D eigenvalue weighted by Gasteiger charge is 2.21. The molecule has 1 N–H and O–H groups in total. The van der Waals surface area contributed by atoms with E-state index in [2.05, 4.69) is 5.32 Å². The van der Waals surface area contributed by atoms with Crippen LogP contribution >= 0.6 is 11.8 Å².